The van der Waals surface area contributed by atoms with Crippen molar-refractivity contribution < 1.29 is 19.0 Å². The fourth-order valence-electron chi connectivity index (χ4n) is 4.04. The molecule has 0 aliphatic rings. The van der Waals surface area contributed by atoms with E-state index in [-0.39, 0.29) is 5.75 Å². The molecular weight excluding hydrogens is 426 g/mol. The Kier molecular flexibility index (Phi) is 11.1. The van der Waals surface area contributed by atoms with Gasteiger partial charge in [0.05, 0.1) is 18.8 Å². The fourth-order valence-corrected chi connectivity index (χ4v) is 4.04. The van der Waals surface area contributed by atoms with Crippen LogP contribution in [0.25, 0.3) is 22.6 Å². The third kappa shape index (κ3) is 8.27. The van der Waals surface area contributed by atoms with E-state index in [9.17, 15) is 5.11 Å². The number of unbranched alkanes of at least 4 members (excludes halogenated alkanes) is 10. The summed E-state index contributed by atoms with van der Waals surface area (Å²) < 4.78 is 17.6. The van der Waals surface area contributed by atoms with Crippen LogP contribution in [0.15, 0.2) is 40.8 Å². The molecule has 0 amide bonds. The van der Waals surface area contributed by atoms with Gasteiger partial charge in [-0.2, -0.15) is 0 Å². The number of nitrogens with zero attached hydrogens (tertiary/aromatic N) is 1. The van der Waals surface area contributed by atoms with Crippen molar-refractivity contribution in [2.45, 2.75) is 90.9 Å². The van der Waals surface area contributed by atoms with Gasteiger partial charge in [0.2, 0.25) is 5.89 Å². The van der Waals surface area contributed by atoms with E-state index in [2.05, 4.69) is 18.8 Å². The van der Waals surface area contributed by atoms with Gasteiger partial charge < -0.3 is 19.0 Å². The first-order valence-electron chi connectivity index (χ1n) is 13.2. The summed E-state index contributed by atoms with van der Waals surface area (Å²) in [5.74, 6) is 1.94. The zero-order valence-corrected chi connectivity index (χ0v) is 21.0. The summed E-state index contributed by atoms with van der Waals surface area (Å²) >= 11 is 0. The Morgan fingerprint density at radius 1 is 0.706 bits per heavy atom. The van der Waals surface area contributed by atoms with Crippen LogP contribution in [0.4, 0.5) is 0 Å². The number of benzene rings is 2. The minimum absolute atomic E-state index is 0.103. The second-order valence-corrected chi connectivity index (χ2v) is 9.06. The SMILES string of the molecule is CCCCCCCCOc1ccc(-c2nc3ccc(OCCCCCCCC)cc3o2)c(O)c1. The van der Waals surface area contributed by atoms with Crippen LogP contribution in [0.1, 0.15) is 90.9 Å². The van der Waals surface area contributed by atoms with Gasteiger partial charge >= 0.3 is 0 Å². The summed E-state index contributed by atoms with van der Waals surface area (Å²) in [4.78, 5) is 4.54. The molecule has 0 aliphatic heterocycles. The van der Waals surface area contributed by atoms with Gasteiger partial charge in [-0.15, -0.1) is 0 Å². The van der Waals surface area contributed by atoms with Gasteiger partial charge in [0, 0.05) is 12.1 Å². The number of aromatic hydroxyl groups is 1. The molecule has 0 bridgehead atoms. The molecule has 1 aromatic heterocycles. The van der Waals surface area contributed by atoms with Crippen LogP contribution in [0, 0.1) is 0 Å². The molecule has 34 heavy (non-hydrogen) atoms. The second kappa shape index (κ2) is 14.5. The normalized spacial score (nSPS) is 11.2. The summed E-state index contributed by atoms with van der Waals surface area (Å²) in [5, 5.41) is 10.5. The molecule has 5 nitrogen and oxygen atoms in total. The molecule has 0 spiro atoms. The summed E-state index contributed by atoms with van der Waals surface area (Å²) in [5.41, 5.74) is 1.95. The Morgan fingerprint density at radius 2 is 1.26 bits per heavy atom. The smallest absolute Gasteiger partial charge is 0.231 e. The number of aromatic nitrogens is 1. The maximum Gasteiger partial charge on any atom is 0.231 e. The average Bonchev–Trinajstić information content (AvgIpc) is 3.26. The highest BCUT2D eigenvalue weighted by Gasteiger charge is 2.14. The van der Waals surface area contributed by atoms with Crippen molar-refractivity contribution in [3.63, 3.8) is 0 Å². The van der Waals surface area contributed by atoms with Crippen LogP contribution < -0.4 is 9.47 Å². The first-order chi connectivity index (χ1) is 16.7. The lowest BCUT2D eigenvalue weighted by atomic mass is 10.1. The van der Waals surface area contributed by atoms with Crippen LogP contribution in [0.5, 0.6) is 17.2 Å². The zero-order chi connectivity index (χ0) is 24.0. The van der Waals surface area contributed by atoms with Crippen LogP contribution in [0.3, 0.4) is 0 Å². The Bertz CT molecular complexity index is 981. The number of phenolic OH excluding ortho intramolecular Hbond substituents is 1. The summed E-state index contributed by atoms with van der Waals surface area (Å²) in [6.45, 7) is 5.83. The molecule has 0 aliphatic carbocycles. The molecule has 0 unspecified atom stereocenters. The molecule has 3 aromatic rings. The summed E-state index contributed by atoms with van der Waals surface area (Å²) in [7, 11) is 0. The number of phenols is 1. The van der Waals surface area contributed by atoms with Crippen LogP contribution in [-0.2, 0) is 0 Å². The first-order valence-corrected chi connectivity index (χ1v) is 13.2. The predicted octanol–water partition coefficient (Wildman–Crippen LogP) is 8.68. The molecule has 5 heteroatoms. The van der Waals surface area contributed by atoms with Crippen LogP contribution in [-0.4, -0.2) is 23.3 Å². The standard InChI is InChI=1S/C29H41NO4/c1-3-5-7-9-11-13-19-32-23-15-17-25(27(31)21-23)29-30-26-18-16-24(22-28(26)34-29)33-20-14-12-10-8-6-4-2/h15-18,21-22,31H,3-14,19-20H2,1-2H3. The maximum absolute atomic E-state index is 10.5. The van der Waals surface area contributed by atoms with Gasteiger partial charge in [-0.25, -0.2) is 4.98 Å². The molecule has 1 heterocycles. The topological polar surface area (TPSA) is 64.7 Å². The van der Waals surface area contributed by atoms with Crippen LogP contribution in [0.2, 0.25) is 0 Å². The Balaban J connectivity index is 1.50. The van der Waals surface area contributed by atoms with Crippen molar-refractivity contribution >= 4 is 11.1 Å². The molecular formula is C29H41NO4. The Labute approximate surface area is 204 Å². The van der Waals surface area contributed by atoms with Crippen molar-refractivity contribution in [3.8, 4) is 28.7 Å². The lowest BCUT2D eigenvalue weighted by Gasteiger charge is -2.08. The Morgan fingerprint density at radius 3 is 1.88 bits per heavy atom. The number of hydrogen-bond donors (Lipinski definition) is 1. The highest BCUT2D eigenvalue weighted by atomic mass is 16.5. The molecule has 0 saturated carbocycles. The van der Waals surface area contributed by atoms with Gasteiger partial charge in [0.15, 0.2) is 5.58 Å². The van der Waals surface area contributed by atoms with Crippen molar-refractivity contribution in [1.82, 2.24) is 4.98 Å². The predicted molar refractivity (Wildman–Crippen MR) is 139 cm³/mol. The molecule has 0 fully saturated rings. The number of rotatable bonds is 17. The van der Waals surface area contributed by atoms with Crippen molar-refractivity contribution in [3.05, 3.63) is 36.4 Å². The monoisotopic (exact) mass is 467 g/mol. The molecule has 0 saturated heterocycles. The Hall–Kier alpha value is -2.69. The number of hydrogen-bond acceptors (Lipinski definition) is 5. The van der Waals surface area contributed by atoms with Crippen molar-refractivity contribution in [2.75, 3.05) is 13.2 Å². The average molecular weight is 468 g/mol. The number of ether oxygens (including phenoxy) is 2. The fraction of sp³-hybridized carbons (Fsp3) is 0.552. The maximum atomic E-state index is 10.5. The van der Waals surface area contributed by atoms with E-state index in [1.54, 1.807) is 12.1 Å². The van der Waals surface area contributed by atoms with Crippen LogP contribution >= 0.6 is 0 Å². The van der Waals surface area contributed by atoms with Crippen molar-refractivity contribution in [1.29, 1.82) is 0 Å². The van der Waals surface area contributed by atoms with Crippen molar-refractivity contribution in [2.24, 2.45) is 0 Å². The molecule has 3 rings (SSSR count). The largest absolute Gasteiger partial charge is 0.507 e. The number of fused-ring (bicyclic) bond motifs is 1. The van der Waals surface area contributed by atoms with Gasteiger partial charge in [-0.05, 0) is 37.1 Å². The molecule has 1 N–H and O–H groups in total. The highest BCUT2D eigenvalue weighted by molar-refractivity contribution is 5.79. The molecule has 2 aromatic carbocycles. The summed E-state index contributed by atoms with van der Waals surface area (Å²) in [6, 6.07) is 11.0. The molecule has 0 radical (unpaired) electrons. The lowest BCUT2D eigenvalue weighted by Crippen LogP contribution is -1.97. The lowest BCUT2D eigenvalue weighted by molar-refractivity contribution is 0.303. The minimum Gasteiger partial charge on any atom is -0.507 e. The zero-order valence-electron chi connectivity index (χ0n) is 21.0. The number of oxazole rings is 1. The first kappa shape index (κ1) is 25.9. The van der Waals surface area contributed by atoms with E-state index >= 15 is 0 Å². The van der Waals surface area contributed by atoms with E-state index in [0.717, 1.165) is 24.1 Å². The quantitative estimate of drug-likeness (QED) is 0.201. The molecule has 186 valence electrons. The second-order valence-electron chi connectivity index (χ2n) is 9.06. The minimum atomic E-state index is 0.103. The summed E-state index contributed by atoms with van der Waals surface area (Å²) in [6.07, 6.45) is 14.7. The van der Waals surface area contributed by atoms with Gasteiger partial charge in [-0.3, -0.25) is 0 Å². The van der Waals surface area contributed by atoms with E-state index in [1.807, 2.05) is 24.3 Å². The van der Waals surface area contributed by atoms with E-state index in [1.165, 1.54) is 64.2 Å². The highest BCUT2D eigenvalue weighted by Crippen LogP contribution is 2.34. The van der Waals surface area contributed by atoms with E-state index in [4.69, 9.17) is 13.9 Å². The third-order valence-corrected chi connectivity index (χ3v) is 6.09. The van der Waals surface area contributed by atoms with E-state index < -0.39 is 0 Å². The van der Waals surface area contributed by atoms with Gasteiger partial charge in [0.25, 0.3) is 0 Å². The van der Waals surface area contributed by atoms with E-state index in [0.29, 0.717) is 36.0 Å². The third-order valence-electron chi connectivity index (χ3n) is 6.09. The van der Waals surface area contributed by atoms with Gasteiger partial charge in [-0.1, -0.05) is 78.1 Å². The van der Waals surface area contributed by atoms with Gasteiger partial charge in [0.1, 0.15) is 22.8 Å². The molecule has 0 atom stereocenters.